The molecule has 2 rings (SSSR count). The van der Waals surface area contributed by atoms with E-state index in [0.29, 0.717) is 6.61 Å². The number of alkyl carbamates (subject to hydrolysis) is 1. The van der Waals surface area contributed by atoms with Gasteiger partial charge in [-0.25, -0.2) is 4.79 Å². The minimum Gasteiger partial charge on any atom is -0.444 e. The van der Waals surface area contributed by atoms with Crippen molar-refractivity contribution in [3.8, 4) is 0 Å². The van der Waals surface area contributed by atoms with E-state index < -0.39 is 38.3 Å². The number of hydrogen-bond acceptors (Lipinski definition) is 5. The number of rotatable bonds is 6. The Morgan fingerprint density at radius 3 is 1.91 bits per heavy atom. The van der Waals surface area contributed by atoms with Gasteiger partial charge in [-0.3, -0.25) is 0 Å². The first-order valence-corrected chi connectivity index (χ1v) is 14.7. The van der Waals surface area contributed by atoms with Crippen LogP contribution in [0, 0.1) is 0 Å². The van der Waals surface area contributed by atoms with E-state index in [1.165, 1.54) is 0 Å². The Balaban J connectivity index is 2.22. The van der Waals surface area contributed by atoms with Gasteiger partial charge in [0.05, 0.1) is 23.9 Å². The standard InChI is InChI=1S/C25H44BNO5Si/c1-22(2,3)30-21(28)27-20(17-29-33(11,12)23(4,5)6)18-13-15-19(16-14-18)26-31-24(7,8)25(9,10)32-26/h13-16,20H,17H2,1-12H3,(H,27,28)/t20-/m0/s1. The number of carbonyl (C=O) groups excluding carboxylic acids is 1. The van der Waals surface area contributed by atoms with Crippen LogP contribution in [-0.4, -0.2) is 44.9 Å². The SMILES string of the molecule is CC(C)(C)OC(=O)N[C@@H](CO[Si](C)(C)C(C)(C)C)c1ccc(B2OC(C)(C)C(C)(C)O2)cc1. The number of nitrogens with one attached hydrogen (secondary N) is 1. The second kappa shape index (κ2) is 9.36. The summed E-state index contributed by atoms with van der Waals surface area (Å²) in [6, 6.07) is 7.65. The maximum atomic E-state index is 12.6. The summed E-state index contributed by atoms with van der Waals surface area (Å²) in [5.74, 6) is 0. The van der Waals surface area contributed by atoms with Gasteiger partial charge in [-0.2, -0.15) is 0 Å². The normalized spacial score (nSPS) is 19.3. The summed E-state index contributed by atoms with van der Waals surface area (Å²) in [5.41, 5.74) is 0.524. The average Bonchev–Trinajstić information content (AvgIpc) is 2.84. The Morgan fingerprint density at radius 1 is 1.00 bits per heavy atom. The van der Waals surface area contributed by atoms with E-state index in [4.69, 9.17) is 18.5 Å². The highest BCUT2D eigenvalue weighted by atomic mass is 28.4. The third kappa shape index (κ3) is 7.07. The van der Waals surface area contributed by atoms with Crippen molar-refractivity contribution in [2.45, 2.75) is 110 Å². The zero-order chi connectivity index (χ0) is 25.5. The van der Waals surface area contributed by atoms with Crippen LogP contribution >= 0.6 is 0 Å². The molecule has 1 aromatic rings. The van der Waals surface area contributed by atoms with Crippen molar-refractivity contribution in [3.05, 3.63) is 29.8 Å². The van der Waals surface area contributed by atoms with Crippen molar-refractivity contribution in [2.24, 2.45) is 0 Å². The van der Waals surface area contributed by atoms with Gasteiger partial charge in [-0.05, 0) is 77.6 Å². The second-order valence-electron chi connectivity index (χ2n) is 12.5. The molecule has 186 valence electrons. The number of ether oxygens (including phenoxy) is 1. The van der Waals surface area contributed by atoms with E-state index >= 15 is 0 Å². The first-order valence-electron chi connectivity index (χ1n) is 11.8. The van der Waals surface area contributed by atoms with Crippen molar-refractivity contribution in [2.75, 3.05) is 6.61 Å². The first kappa shape index (κ1) is 27.9. The van der Waals surface area contributed by atoms with Crippen LogP contribution in [0.15, 0.2) is 24.3 Å². The topological polar surface area (TPSA) is 66.0 Å². The van der Waals surface area contributed by atoms with E-state index in [1.54, 1.807) is 0 Å². The molecular formula is C25H44BNO5Si. The lowest BCUT2D eigenvalue weighted by Crippen LogP contribution is -2.44. The third-order valence-electron chi connectivity index (χ3n) is 6.97. The van der Waals surface area contributed by atoms with E-state index in [9.17, 15) is 4.79 Å². The summed E-state index contributed by atoms with van der Waals surface area (Å²) in [6.45, 7) is 25.1. The van der Waals surface area contributed by atoms with Crippen molar-refractivity contribution < 1.29 is 23.3 Å². The van der Waals surface area contributed by atoms with Gasteiger partial charge in [0.15, 0.2) is 8.32 Å². The molecular weight excluding hydrogens is 433 g/mol. The first-order chi connectivity index (χ1) is 14.7. The Kier molecular flexibility index (Phi) is 7.91. The Bertz CT molecular complexity index is 809. The second-order valence-corrected chi connectivity index (χ2v) is 17.3. The smallest absolute Gasteiger partial charge is 0.444 e. The predicted molar refractivity (Wildman–Crippen MR) is 137 cm³/mol. The molecule has 1 heterocycles. The predicted octanol–water partition coefficient (Wildman–Crippen LogP) is 5.57. The fourth-order valence-electron chi connectivity index (χ4n) is 3.04. The van der Waals surface area contributed by atoms with Crippen LogP contribution < -0.4 is 10.8 Å². The molecule has 0 spiro atoms. The van der Waals surface area contributed by atoms with Gasteiger partial charge in [-0.15, -0.1) is 0 Å². The Hall–Kier alpha value is -1.35. The molecule has 1 aliphatic heterocycles. The number of benzene rings is 1. The third-order valence-corrected chi connectivity index (χ3v) is 11.5. The molecule has 0 bridgehead atoms. The van der Waals surface area contributed by atoms with Crippen LogP contribution in [0.3, 0.4) is 0 Å². The van der Waals surface area contributed by atoms with Gasteiger partial charge in [-0.1, -0.05) is 45.0 Å². The summed E-state index contributed by atoms with van der Waals surface area (Å²) in [7, 11) is -2.42. The highest BCUT2D eigenvalue weighted by Gasteiger charge is 2.51. The van der Waals surface area contributed by atoms with E-state index in [2.05, 4.69) is 39.2 Å². The molecule has 0 radical (unpaired) electrons. The van der Waals surface area contributed by atoms with E-state index in [-0.39, 0.29) is 11.1 Å². The van der Waals surface area contributed by atoms with Crippen LogP contribution in [0.4, 0.5) is 4.79 Å². The van der Waals surface area contributed by atoms with Gasteiger partial charge in [0.25, 0.3) is 0 Å². The Labute approximate surface area is 202 Å². The van der Waals surface area contributed by atoms with Crippen molar-refractivity contribution in [3.63, 3.8) is 0 Å². The summed E-state index contributed by atoms with van der Waals surface area (Å²) >= 11 is 0. The molecule has 1 saturated heterocycles. The molecule has 0 saturated carbocycles. The zero-order valence-electron chi connectivity index (χ0n) is 22.7. The largest absolute Gasteiger partial charge is 0.494 e. The van der Waals surface area contributed by atoms with Gasteiger partial charge >= 0.3 is 13.2 Å². The van der Waals surface area contributed by atoms with Crippen LogP contribution in [0.1, 0.15) is 80.8 Å². The maximum absolute atomic E-state index is 12.6. The summed E-state index contributed by atoms with van der Waals surface area (Å²) in [4.78, 5) is 12.6. The van der Waals surface area contributed by atoms with Gasteiger partial charge in [0.1, 0.15) is 5.60 Å². The molecule has 1 N–H and O–H groups in total. The molecule has 1 amide bonds. The number of amides is 1. The van der Waals surface area contributed by atoms with Crippen molar-refractivity contribution >= 4 is 27.0 Å². The summed E-state index contributed by atoms with van der Waals surface area (Å²) in [6.07, 6.45) is -0.457. The quantitative estimate of drug-likeness (QED) is 0.543. The molecule has 33 heavy (non-hydrogen) atoms. The monoisotopic (exact) mass is 477 g/mol. The molecule has 6 nitrogen and oxygen atoms in total. The van der Waals surface area contributed by atoms with Crippen LogP contribution in [0.5, 0.6) is 0 Å². The Morgan fingerprint density at radius 2 is 1.48 bits per heavy atom. The fourth-order valence-corrected chi connectivity index (χ4v) is 4.06. The molecule has 1 aromatic carbocycles. The number of hydrogen-bond donors (Lipinski definition) is 1. The van der Waals surface area contributed by atoms with E-state index in [1.807, 2.05) is 72.7 Å². The molecule has 1 aliphatic rings. The lowest BCUT2D eigenvalue weighted by molar-refractivity contribution is 0.00578. The van der Waals surface area contributed by atoms with E-state index in [0.717, 1.165) is 11.0 Å². The lowest BCUT2D eigenvalue weighted by atomic mass is 9.78. The van der Waals surface area contributed by atoms with Crippen LogP contribution in [-0.2, 0) is 18.5 Å². The minimum atomic E-state index is -1.99. The molecule has 1 fully saturated rings. The lowest BCUT2D eigenvalue weighted by Gasteiger charge is -2.37. The van der Waals surface area contributed by atoms with Gasteiger partial charge < -0.3 is 23.8 Å². The van der Waals surface area contributed by atoms with Crippen molar-refractivity contribution in [1.29, 1.82) is 0 Å². The number of carbonyl (C=O) groups is 1. The van der Waals surface area contributed by atoms with Crippen LogP contribution in [0.25, 0.3) is 0 Å². The maximum Gasteiger partial charge on any atom is 0.494 e. The van der Waals surface area contributed by atoms with Gasteiger partial charge in [0.2, 0.25) is 0 Å². The summed E-state index contributed by atoms with van der Waals surface area (Å²) < 4.78 is 24.3. The van der Waals surface area contributed by atoms with Crippen LogP contribution in [0.2, 0.25) is 18.1 Å². The molecule has 0 aromatic heterocycles. The average molecular weight is 478 g/mol. The molecule has 8 heteroatoms. The fraction of sp³-hybridized carbons (Fsp3) is 0.720. The van der Waals surface area contributed by atoms with Crippen molar-refractivity contribution in [1.82, 2.24) is 5.32 Å². The molecule has 0 unspecified atom stereocenters. The minimum absolute atomic E-state index is 0.0735. The highest BCUT2D eigenvalue weighted by Crippen LogP contribution is 2.38. The van der Waals surface area contributed by atoms with Gasteiger partial charge in [0, 0.05) is 0 Å². The molecule has 0 aliphatic carbocycles. The zero-order valence-corrected chi connectivity index (χ0v) is 23.7. The molecule has 1 atom stereocenters. The summed E-state index contributed by atoms with van der Waals surface area (Å²) in [5, 5.41) is 3.08. The highest BCUT2D eigenvalue weighted by molar-refractivity contribution is 6.74.